The Labute approximate surface area is 352 Å². The Morgan fingerprint density at radius 3 is 1.51 bits per heavy atom. The van der Waals surface area contributed by atoms with Crippen LogP contribution in [0.5, 0.6) is 11.5 Å². The molecule has 2 amide bonds. The molecule has 306 valence electrons. The minimum atomic E-state index is -0.963. The lowest BCUT2D eigenvalue weighted by Gasteiger charge is -2.29. The molecule has 4 heterocycles. The molecule has 1 N–H and O–H groups in total. The van der Waals surface area contributed by atoms with Crippen LogP contribution in [-0.4, -0.2) is 59.2 Å². The van der Waals surface area contributed by atoms with Gasteiger partial charge in [0.25, 0.3) is 11.8 Å². The molecule has 6 aromatic rings. The summed E-state index contributed by atoms with van der Waals surface area (Å²) in [6, 6.07) is 33.9. The lowest BCUT2D eigenvalue weighted by Crippen LogP contribution is -2.35. The smallest absolute Gasteiger partial charge is 0.339 e. The Balaban J connectivity index is 0.000000156. The molecule has 2 fully saturated rings. The van der Waals surface area contributed by atoms with Gasteiger partial charge < -0.3 is 19.3 Å². The molecule has 4 aliphatic rings. The zero-order chi connectivity index (χ0) is 42.0. The number of carboxylic acid groups (broad SMARTS) is 1. The number of hydrogen-bond donors (Lipinski definition) is 1. The first-order valence-electron chi connectivity index (χ1n) is 20.3. The molecular weight excluding hydrogens is 773 g/mol. The van der Waals surface area contributed by atoms with Crippen LogP contribution in [0.4, 0.5) is 22.7 Å². The summed E-state index contributed by atoms with van der Waals surface area (Å²) >= 11 is 0. The fourth-order valence-electron chi connectivity index (χ4n) is 7.77. The predicted molar refractivity (Wildman–Crippen MR) is 227 cm³/mol. The maximum atomic E-state index is 12.5. The number of nitrogens with zero attached hydrogens (tertiary/aromatic N) is 4. The number of amides is 2. The molecule has 12 nitrogen and oxygen atoms in total. The van der Waals surface area contributed by atoms with E-state index in [1.54, 1.807) is 22.1 Å². The maximum absolute atomic E-state index is 12.5. The molecule has 0 bridgehead atoms. The van der Waals surface area contributed by atoms with E-state index in [-0.39, 0.29) is 36.6 Å². The van der Waals surface area contributed by atoms with Crippen molar-refractivity contribution in [2.45, 2.75) is 50.4 Å². The van der Waals surface area contributed by atoms with Crippen LogP contribution in [-0.2, 0) is 27.2 Å². The first-order chi connectivity index (χ1) is 29.7. The van der Waals surface area contributed by atoms with E-state index in [0.29, 0.717) is 64.5 Å². The molecule has 4 aromatic carbocycles. The van der Waals surface area contributed by atoms with Gasteiger partial charge in [-0.15, -0.1) is 0 Å². The molecule has 2 aromatic heterocycles. The molecular formula is C49H42N4O8. The van der Waals surface area contributed by atoms with Crippen LogP contribution in [0.15, 0.2) is 122 Å². The van der Waals surface area contributed by atoms with Crippen LogP contribution < -0.4 is 19.3 Å². The number of fused-ring (bicyclic) bond motifs is 2. The van der Waals surface area contributed by atoms with E-state index < -0.39 is 5.97 Å². The second-order valence-corrected chi connectivity index (χ2v) is 15.5. The number of rotatable bonds is 10. The highest BCUT2D eigenvalue weighted by Gasteiger charge is 2.30. The predicted octanol–water partition coefficient (Wildman–Crippen LogP) is 8.70. The average Bonchev–Trinajstić information content (AvgIpc) is 4.23. The quantitative estimate of drug-likeness (QED) is 0.133. The first kappa shape index (κ1) is 39.1. The van der Waals surface area contributed by atoms with Crippen LogP contribution in [0.1, 0.15) is 91.9 Å². The molecule has 10 rings (SSSR count). The fraction of sp³-hybridized carbons (Fsp3) is 0.224. The first-order valence-corrected chi connectivity index (χ1v) is 20.3. The monoisotopic (exact) mass is 814 g/mol. The molecule has 2 aliphatic heterocycles. The number of hydrogen-bond acceptors (Lipinski definition) is 9. The standard InChI is InChI=1S/C25H22N2O4.C24H20N2O4/c1-30-25(29)20-13-18(17-8-9-17)14-26-21(20)11-16-7-10-22-23(12-16)31-15-24(28)27(22)19-5-3-2-4-6-19;27-23-14-30-22-11-15(6-9-21(22)26(23)18-4-2-1-3-5-18)10-20-19(24(28)29)12-17(13-25-20)16-7-8-16/h2-7,10,12-14,17H,8-9,11,15H2,1H3;1-6,9,11-13,16H,7-8,10,14H2,(H,28,29). The fourth-order valence-corrected chi connectivity index (χ4v) is 7.77. The SMILES string of the molecule is COC(=O)c1cc(C2CC2)cnc1Cc1ccc2c(c1)OCC(=O)N2c1ccccc1.O=C(O)c1cc(C2CC2)cnc1Cc1ccc2c(c1)OCC(=O)N2c1ccccc1. The third-order valence-corrected chi connectivity index (χ3v) is 11.2. The van der Waals surface area contributed by atoms with E-state index in [4.69, 9.17) is 14.2 Å². The molecule has 0 unspecified atom stereocenters. The summed E-state index contributed by atoms with van der Waals surface area (Å²) in [4.78, 5) is 61.5. The Morgan fingerprint density at radius 1 is 0.639 bits per heavy atom. The number of esters is 1. The van der Waals surface area contributed by atoms with Gasteiger partial charge in [0, 0.05) is 36.6 Å². The highest BCUT2D eigenvalue weighted by Crippen LogP contribution is 2.43. The summed E-state index contributed by atoms with van der Waals surface area (Å²) in [6.07, 6.45) is 8.97. The Hall–Kier alpha value is -7.34. The number of pyridine rings is 2. The van der Waals surface area contributed by atoms with Crippen molar-refractivity contribution < 1.29 is 38.5 Å². The van der Waals surface area contributed by atoms with Crippen LogP contribution in [0.3, 0.4) is 0 Å². The number of carbonyl (C=O) groups is 4. The van der Waals surface area contributed by atoms with Gasteiger partial charge in [0.2, 0.25) is 0 Å². The largest absolute Gasteiger partial charge is 0.482 e. The van der Waals surface area contributed by atoms with Crippen molar-refractivity contribution in [2.75, 3.05) is 30.1 Å². The number of aromatic carboxylic acids is 1. The van der Waals surface area contributed by atoms with Crippen molar-refractivity contribution in [1.82, 2.24) is 9.97 Å². The van der Waals surface area contributed by atoms with E-state index >= 15 is 0 Å². The maximum Gasteiger partial charge on any atom is 0.339 e. The Kier molecular flexibility index (Phi) is 10.7. The van der Waals surface area contributed by atoms with Crippen molar-refractivity contribution in [1.29, 1.82) is 0 Å². The van der Waals surface area contributed by atoms with E-state index in [9.17, 15) is 24.3 Å². The molecule has 12 heteroatoms. The van der Waals surface area contributed by atoms with Gasteiger partial charge >= 0.3 is 11.9 Å². The highest BCUT2D eigenvalue weighted by atomic mass is 16.5. The number of benzene rings is 4. The van der Waals surface area contributed by atoms with E-state index in [0.717, 1.165) is 59.3 Å². The zero-order valence-corrected chi connectivity index (χ0v) is 33.5. The van der Waals surface area contributed by atoms with Crippen molar-refractivity contribution in [3.63, 3.8) is 0 Å². The van der Waals surface area contributed by atoms with Crippen molar-refractivity contribution in [2.24, 2.45) is 0 Å². The lowest BCUT2D eigenvalue weighted by atomic mass is 10.0. The molecule has 0 radical (unpaired) electrons. The van der Waals surface area contributed by atoms with E-state index in [2.05, 4.69) is 9.97 Å². The molecule has 0 spiro atoms. The van der Waals surface area contributed by atoms with E-state index in [1.165, 1.54) is 7.11 Å². The molecule has 2 saturated carbocycles. The van der Waals surface area contributed by atoms with Gasteiger partial charge in [-0.05, 0) is 120 Å². The van der Waals surface area contributed by atoms with Crippen LogP contribution in [0.25, 0.3) is 0 Å². The summed E-state index contributed by atoms with van der Waals surface area (Å²) in [5.41, 5.74) is 8.83. The van der Waals surface area contributed by atoms with Gasteiger partial charge in [-0.1, -0.05) is 48.5 Å². The molecule has 2 aliphatic carbocycles. The van der Waals surface area contributed by atoms with Crippen molar-refractivity contribution in [3.05, 3.63) is 166 Å². The molecule has 61 heavy (non-hydrogen) atoms. The summed E-state index contributed by atoms with van der Waals surface area (Å²) in [5, 5.41) is 9.64. The van der Waals surface area contributed by atoms with Crippen molar-refractivity contribution >= 4 is 46.5 Å². The number of para-hydroxylation sites is 2. The van der Waals surface area contributed by atoms with Gasteiger partial charge in [0.1, 0.15) is 11.5 Å². The Morgan fingerprint density at radius 2 is 1.08 bits per heavy atom. The molecule has 0 saturated heterocycles. The minimum absolute atomic E-state index is 0.0207. The van der Waals surface area contributed by atoms with Crippen LogP contribution >= 0.6 is 0 Å². The van der Waals surface area contributed by atoms with Gasteiger partial charge in [-0.2, -0.15) is 0 Å². The number of methoxy groups -OCH3 is 1. The second kappa shape index (κ2) is 16.7. The van der Waals surface area contributed by atoms with Gasteiger partial charge in [-0.3, -0.25) is 29.4 Å². The summed E-state index contributed by atoms with van der Waals surface area (Å²) < 4.78 is 16.4. The second-order valence-electron chi connectivity index (χ2n) is 15.5. The normalized spacial score (nSPS) is 15.4. The topological polar surface area (TPSA) is 148 Å². The van der Waals surface area contributed by atoms with Crippen LogP contribution in [0.2, 0.25) is 0 Å². The summed E-state index contributed by atoms with van der Waals surface area (Å²) in [7, 11) is 1.39. The van der Waals surface area contributed by atoms with Gasteiger partial charge in [0.15, 0.2) is 13.2 Å². The third-order valence-electron chi connectivity index (χ3n) is 11.2. The molecule has 0 atom stereocenters. The highest BCUT2D eigenvalue weighted by molar-refractivity contribution is 6.05. The Bertz CT molecular complexity index is 2660. The number of aromatic nitrogens is 2. The van der Waals surface area contributed by atoms with Crippen LogP contribution in [0, 0.1) is 0 Å². The van der Waals surface area contributed by atoms with Gasteiger partial charge in [-0.25, -0.2) is 9.59 Å². The number of carbonyl (C=O) groups excluding carboxylic acids is 3. The van der Waals surface area contributed by atoms with Gasteiger partial charge in [0.05, 0.1) is 41.0 Å². The minimum Gasteiger partial charge on any atom is -0.482 e. The average molecular weight is 815 g/mol. The zero-order valence-electron chi connectivity index (χ0n) is 33.5. The summed E-state index contributed by atoms with van der Waals surface area (Å²) in [6.45, 7) is -0.0623. The number of carboxylic acids is 1. The summed E-state index contributed by atoms with van der Waals surface area (Å²) in [5.74, 6) is 0.600. The van der Waals surface area contributed by atoms with Crippen molar-refractivity contribution in [3.8, 4) is 11.5 Å². The lowest BCUT2D eigenvalue weighted by molar-refractivity contribution is -0.121. The number of ether oxygens (including phenoxy) is 3. The third kappa shape index (κ3) is 8.42. The number of anilines is 4. The van der Waals surface area contributed by atoms with E-state index in [1.807, 2.05) is 109 Å².